The molecule has 1 aliphatic rings. The lowest BCUT2D eigenvalue weighted by molar-refractivity contribution is -0.113. The van der Waals surface area contributed by atoms with Gasteiger partial charge < -0.3 is 4.74 Å². The quantitative estimate of drug-likeness (QED) is 0.859. The zero-order chi connectivity index (χ0) is 16.4. The molecular formula is C19H18N2O2. The molecular weight excluding hydrogens is 288 g/mol. The summed E-state index contributed by atoms with van der Waals surface area (Å²) in [5.74, 6) is 1.17. The van der Waals surface area contributed by atoms with E-state index < -0.39 is 0 Å². The summed E-state index contributed by atoms with van der Waals surface area (Å²) in [6, 6.07) is 11.7. The van der Waals surface area contributed by atoms with Crippen LogP contribution < -0.4 is 4.74 Å². The number of hydrogen-bond acceptors (Lipinski definition) is 3. The first-order valence-electron chi connectivity index (χ1n) is 7.52. The van der Waals surface area contributed by atoms with Crippen LogP contribution in [0.4, 0.5) is 0 Å². The molecule has 0 spiro atoms. The average Bonchev–Trinajstić information content (AvgIpc) is 2.80. The number of carbonyl (C=O) groups is 1. The first-order valence-corrected chi connectivity index (χ1v) is 7.52. The molecule has 0 saturated heterocycles. The number of aryl methyl sites for hydroxylation is 2. The van der Waals surface area contributed by atoms with Crippen molar-refractivity contribution >= 4 is 11.6 Å². The van der Waals surface area contributed by atoms with Gasteiger partial charge in [-0.1, -0.05) is 18.2 Å². The molecule has 2 aromatic rings. The number of allylic oxidation sites excluding steroid dienone is 1. The number of amides is 1. The third-order valence-electron chi connectivity index (χ3n) is 3.74. The molecule has 0 radical (unpaired) electrons. The minimum atomic E-state index is -0.176. The average molecular weight is 306 g/mol. The van der Waals surface area contributed by atoms with Crippen LogP contribution in [-0.4, -0.2) is 16.6 Å². The van der Waals surface area contributed by atoms with Crippen molar-refractivity contribution in [2.45, 2.75) is 27.2 Å². The highest BCUT2D eigenvalue weighted by Crippen LogP contribution is 2.26. The van der Waals surface area contributed by atoms with Gasteiger partial charge in [-0.15, -0.1) is 0 Å². The van der Waals surface area contributed by atoms with Crippen molar-refractivity contribution in [2.75, 3.05) is 0 Å². The van der Waals surface area contributed by atoms with Crippen LogP contribution >= 0.6 is 0 Å². The van der Waals surface area contributed by atoms with Gasteiger partial charge in [0.1, 0.15) is 5.75 Å². The Kier molecular flexibility index (Phi) is 4.06. The summed E-state index contributed by atoms with van der Waals surface area (Å²) in [4.78, 5) is 19.8. The Bertz CT molecular complexity index is 835. The van der Waals surface area contributed by atoms with Gasteiger partial charge in [0.2, 0.25) is 5.88 Å². The lowest BCUT2D eigenvalue weighted by Gasteiger charge is -2.11. The highest BCUT2D eigenvalue weighted by atomic mass is 16.5. The number of benzene rings is 1. The summed E-state index contributed by atoms with van der Waals surface area (Å²) >= 11 is 0. The van der Waals surface area contributed by atoms with E-state index in [0.717, 1.165) is 33.9 Å². The fraction of sp³-hybridized carbons (Fsp3) is 0.211. The number of hydrogen-bond donors (Lipinski definition) is 0. The maximum absolute atomic E-state index is 11.4. The number of aromatic nitrogens is 1. The number of nitrogens with zero attached hydrogens (tertiary/aromatic N) is 2. The van der Waals surface area contributed by atoms with Crippen molar-refractivity contribution in [2.24, 2.45) is 4.99 Å². The molecule has 4 heteroatoms. The Labute approximate surface area is 135 Å². The van der Waals surface area contributed by atoms with E-state index in [4.69, 9.17) is 4.74 Å². The van der Waals surface area contributed by atoms with Gasteiger partial charge in [-0.3, -0.25) is 4.79 Å². The highest BCUT2D eigenvalue weighted by molar-refractivity contribution is 6.16. The van der Waals surface area contributed by atoms with E-state index >= 15 is 0 Å². The zero-order valence-corrected chi connectivity index (χ0v) is 13.5. The maximum atomic E-state index is 11.4. The molecule has 1 aromatic heterocycles. The fourth-order valence-electron chi connectivity index (χ4n) is 2.45. The molecule has 0 aliphatic carbocycles. The summed E-state index contributed by atoms with van der Waals surface area (Å²) in [5, 5.41) is 0. The van der Waals surface area contributed by atoms with Crippen LogP contribution in [0.25, 0.3) is 0 Å². The molecule has 1 aromatic carbocycles. The van der Waals surface area contributed by atoms with Crippen LogP contribution in [0.3, 0.4) is 0 Å². The van der Waals surface area contributed by atoms with E-state index in [2.05, 4.69) is 9.98 Å². The summed E-state index contributed by atoms with van der Waals surface area (Å²) in [6.07, 6.45) is 2.18. The molecule has 0 atom stereocenters. The molecule has 0 bridgehead atoms. The molecule has 4 nitrogen and oxygen atoms in total. The molecule has 1 aliphatic heterocycles. The van der Waals surface area contributed by atoms with Crippen molar-refractivity contribution in [3.63, 3.8) is 0 Å². The van der Waals surface area contributed by atoms with Crippen molar-refractivity contribution in [3.05, 3.63) is 64.9 Å². The molecule has 116 valence electrons. The summed E-state index contributed by atoms with van der Waals surface area (Å²) in [7, 11) is 0. The first-order chi connectivity index (χ1) is 11.0. The van der Waals surface area contributed by atoms with E-state index in [-0.39, 0.29) is 5.91 Å². The minimum Gasteiger partial charge on any atom is -0.439 e. The van der Waals surface area contributed by atoms with Gasteiger partial charge in [0.15, 0.2) is 0 Å². The van der Waals surface area contributed by atoms with E-state index in [1.165, 1.54) is 0 Å². The molecule has 0 saturated carbocycles. The van der Waals surface area contributed by atoms with Crippen LogP contribution in [0.5, 0.6) is 11.6 Å². The predicted molar refractivity (Wildman–Crippen MR) is 90.1 cm³/mol. The Hall–Kier alpha value is -2.75. The maximum Gasteiger partial charge on any atom is 0.270 e. The molecule has 3 rings (SSSR count). The molecule has 0 unspecified atom stereocenters. The molecule has 23 heavy (non-hydrogen) atoms. The Balaban J connectivity index is 1.83. The highest BCUT2D eigenvalue weighted by Gasteiger charge is 2.14. The topological polar surface area (TPSA) is 51.5 Å². The van der Waals surface area contributed by atoms with Gasteiger partial charge in [0, 0.05) is 24.3 Å². The van der Waals surface area contributed by atoms with Crippen molar-refractivity contribution in [1.82, 2.24) is 4.98 Å². The van der Waals surface area contributed by atoms with Crippen LogP contribution in [0.1, 0.15) is 23.7 Å². The van der Waals surface area contributed by atoms with E-state index in [1.807, 2.05) is 57.2 Å². The standard InChI is InChI=1S/C19H18N2O2/c1-12-7-8-15(10-16-13(2)9-18(22)21-16)11-17(12)23-19-6-4-5-14(3)20-19/h4-9,11H,10H2,1-3H3. The molecule has 0 fully saturated rings. The van der Waals surface area contributed by atoms with Crippen LogP contribution in [0.15, 0.2) is 53.0 Å². The lowest BCUT2D eigenvalue weighted by atomic mass is 10.0. The normalized spacial score (nSPS) is 13.8. The van der Waals surface area contributed by atoms with Crippen molar-refractivity contribution < 1.29 is 9.53 Å². The predicted octanol–water partition coefficient (Wildman–Crippen LogP) is 3.96. The van der Waals surface area contributed by atoms with Crippen LogP contribution in [0, 0.1) is 13.8 Å². The van der Waals surface area contributed by atoms with Gasteiger partial charge in [0.05, 0.1) is 5.71 Å². The third kappa shape index (κ3) is 3.54. The third-order valence-corrected chi connectivity index (χ3v) is 3.74. The Morgan fingerprint density at radius 1 is 1.09 bits per heavy atom. The van der Waals surface area contributed by atoms with Gasteiger partial charge >= 0.3 is 0 Å². The summed E-state index contributed by atoms with van der Waals surface area (Å²) < 4.78 is 5.91. The second-order valence-corrected chi connectivity index (χ2v) is 5.72. The smallest absolute Gasteiger partial charge is 0.270 e. The number of ether oxygens (including phenoxy) is 1. The van der Waals surface area contributed by atoms with Gasteiger partial charge in [-0.25, -0.2) is 9.98 Å². The zero-order valence-electron chi connectivity index (χ0n) is 13.5. The number of carbonyl (C=O) groups excluding carboxylic acids is 1. The fourth-order valence-corrected chi connectivity index (χ4v) is 2.45. The van der Waals surface area contributed by atoms with E-state index in [9.17, 15) is 4.79 Å². The van der Waals surface area contributed by atoms with Crippen LogP contribution in [0.2, 0.25) is 0 Å². The van der Waals surface area contributed by atoms with Crippen molar-refractivity contribution in [3.8, 4) is 11.6 Å². The lowest BCUT2D eigenvalue weighted by Crippen LogP contribution is -2.03. The molecule has 2 heterocycles. The second kappa shape index (κ2) is 6.16. The largest absolute Gasteiger partial charge is 0.439 e. The van der Waals surface area contributed by atoms with Crippen molar-refractivity contribution in [1.29, 1.82) is 0 Å². The summed E-state index contributed by atoms with van der Waals surface area (Å²) in [6.45, 7) is 5.84. The van der Waals surface area contributed by atoms with Crippen LogP contribution in [-0.2, 0) is 11.2 Å². The van der Waals surface area contributed by atoms with E-state index in [1.54, 1.807) is 6.08 Å². The molecule has 0 N–H and O–H groups in total. The van der Waals surface area contributed by atoms with Gasteiger partial charge in [-0.2, -0.15) is 0 Å². The van der Waals surface area contributed by atoms with Gasteiger partial charge in [-0.05, 0) is 49.6 Å². The number of pyridine rings is 1. The summed E-state index contributed by atoms with van der Waals surface area (Å²) in [5.41, 5.74) is 4.75. The number of rotatable bonds is 4. The first kappa shape index (κ1) is 15.2. The number of aliphatic imine (C=N–C) groups is 1. The van der Waals surface area contributed by atoms with E-state index in [0.29, 0.717) is 12.3 Å². The SMILES string of the molecule is CC1=CC(=O)N=C1Cc1ccc(C)c(Oc2cccc(C)n2)c1. The minimum absolute atomic E-state index is 0.176. The monoisotopic (exact) mass is 306 g/mol. The molecule has 1 amide bonds. The Morgan fingerprint density at radius 2 is 1.91 bits per heavy atom. The Morgan fingerprint density at radius 3 is 2.61 bits per heavy atom. The van der Waals surface area contributed by atoms with Gasteiger partial charge in [0.25, 0.3) is 5.91 Å². The second-order valence-electron chi connectivity index (χ2n) is 5.72.